The van der Waals surface area contributed by atoms with E-state index in [0.29, 0.717) is 16.7 Å². The third-order valence-corrected chi connectivity index (χ3v) is 6.67. The van der Waals surface area contributed by atoms with Gasteiger partial charge in [0.15, 0.2) is 0 Å². The number of likely N-dealkylation sites (tertiary alicyclic amines) is 1. The van der Waals surface area contributed by atoms with Gasteiger partial charge in [0.2, 0.25) is 5.91 Å². The van der Waals surface area contributed by atoms with Gasteiger partial charge in [-0.2, -0.15) is 0 Å². The van der Waals surface area contributed by atoms with Gasteiger partial charge in [-0.15, -0.1) is 0 Å². The molecule has 1 aromatic heterocycles. The van der Waals surface area contributed by atoms with Gasteiger partial charge in [0, 0.05) is 25.9 Å². The molecule has 1 amide bonds. The van der Waals surface area contributed by atoms with Crippen molar-refractivity contribution in [2.24, 2.45) is 5.92 Å². The van der Waals surface area contributed by atoms with Crippen LogP contribution < -0.4 is 5.32 Å². The molecule has 0 radical (unpaired) electrons. The number of pyridine rings is 1. The molecule has 7 heteroatoms. The molecule has 2 aliphatic rings. The molecule has 2 aromatic rings. The van der Waals surface area contributed by atoms with E-state index in [1.807, 2.05) is 36.4 Å². The summed E-state index contributed by atoms with van der Waals surface area (Å²) in [6.07, 6.45) is 5.29. The molecule has 5 nitrogen and oxygen atoms in total. The minimum atomic E-state index is -0.341. The maximum Gasteiger partial charge on any atom is 0.249 e. The highest BCUT2D eigenvalue weighted by Gasteiger charge is 2.33. The van der Waals surface area contributed by atoms with Gasteiger partial charge < -0.3 is 10.1 Å². The Morgan fingerprint density at radius 3 is 2.83 bits per heavy atom. The minimum absolute atomic E-state index is 0.0234. The number of carbonyl (C=O) groups excluding carboxylic acids is 1. The second kappa shape index (κ2) is 10.1. The van der Waals surface area contributed by atoms with E-state index < -0.39 is 0 Å². The maximum atomic E-state index is 12.8. The van der Waals surface area contributed by atoms with Crippen molar-refractivity contribution in [2.75, 3.05) is 19.7 Å². The van der Waals surface area contributed by atoms with E-state index in [0.717, 1.165) is 56.6 Å². The minimum Gasteiger partial charge on any atom is -0.368 e. The van der Waals surface area contributed by atoms with E-state index in [1.54, 1.807) is 6.20 Å². The van der Waals surface area contributed by atoms with Crippen LogP contribution in [0.5, 0.6) is 0 Å². The highest BCUT2D eigenvalue weighted by Crippen LogP contribution is 2.31. The van der Waals surface area contributed by atoms with Gasteiger partial charge in [0.25, 0.3) is 0 Å². The summed E-state index contributed by atoms with van der Waals surface area (Å²) in [4.78, 5) is 19.8. The van der Waals surface area contributed by atoms with Crippen LogP contribution in [0.15, 0.2) is 42.6 Å². The Morgan fingerprint density at radius 1 is 1.20 bits per heavy atom. The number of hydrogen-bond acceptors (Lipinski definition) is 4. The van der Waals surface area contributed by atoms with Crippen molar-refractivity contribution < 1.29 is 9.53 Å². The molecule has 0 saturated carbocycles. The summed E-state index contributed by atoms with van der Waals surface area (Å²) in [5.74, 6) is 0.256. The van der Waals surface area contributed by atoms with Crippen molar-refractivity contribution >= 4 is 29.1 Å². The van der Waals surface area contributed by atoms with Crippen molar-refractivity contribution in [1.29, 1.82) is 0 Å². The Bertz CT molecular complexity index is 859. The molecule has 1 N–H and O–H groups in total. The number of hydrogen-bond donors (Lipinski definition) is 1. The molecular formula is C23H27Cl2N3O2. The lowest BCUT2D eigenvalue weighted by molar-refractivity contribution is -0.131. The first-order chi connectivity index (χ1) is 14.6. The Labute approximate surface area is 187 Å². The molecule has 1 aromatic carbocycles. The number of benzene rings is 1. The largest absolute Gasteiger partial charge is 0.368 e. The quantitative estimate of drug-likeness (QED) is 0.700. The van der Waals surface area contributed by atoms with E-state index in [9.17, 15) is 4.79 Å². The number of nitrogens with one attached hydrogen (secondary N) is 1. The lowest BCUT2D eigenvalue weighted by Gasteiger charge is -2.37. The van der Waals surface area contributed by atoms with Gasteiger partial charge in [-0.25, -0.2) is 0 Å². The van der Waals surface area contributed by atoms with Gasteiger partial charge >= 0.3 is 0 Å². The normalized spacial score (nSPS) is 23.3. The van der Waals surface area contributed by atoms with Crippen LogP contribution in [0.25, 0.3) is 0 Å². The SMILES string of the molecule is O=C(N[C@@H](c1ccccn1)[C@H]1CCCN(Cc2ccc(Cl)c(Cl)c2)C1)[C@@H]1CCCO1. The molecule has 3 heterocycles. The molecule has 0 bridgehead atoms. The Hall–Kier alpha value is -1.66. The summed E-state index contributed by atoms with van der Waals surface area (Å²) in [5.41, 5.74) is 2.05. The standard InChI is InChI=1S/C23H27Cl2N3O2/c24-18-9-8-16(13-19(18)25)14-28-11-3-5-17(15-28)22(20-6-1-2-10-26-20)27-23(29)21-7-4-12-30-21/h1-2,6,8-10,13,17,21-22H,3-5,7,11-12,14-15H2,(H,27,29)/t17-,21-,22+/m0/s1. The monoisotopic (exact) mass is 447 g/mol. The Balaban J connectivity index is 1.48. The number of aromatic nitrogens is 1. The van der Waals surface area contributed by atoms with E-state index in [-0.39, 0.29) is 24.0 Å². The first-order valence-electron chi connectivity index (χ1n) is 10.6. The van der Waals surface area contributed by atoms with Gasteiger partial charge in [-0.1, -0.05) is 35.3 Å². The van der Waals surface area contributed by atoms with Crippen LogP contribution in [0.2, 0.25) is 10.0 Å². The topological polar surface area (TPSA) is 54.5 Å². The molecule has 160 valence electrons. The Morgan fingerprint density at radius 2 is 2.10 bits per heavy atom. The molecule has 4 rings (SSSR count). The molecule has 0 spiro atoms. The zero-order valence-corrected chi connectivity index (χ0v) is 18.4. The summed E-state index contributed by atoms with van der Waals surface area (Å²) < 4.78 is 5.59. The number of nitrogens with zero attached hydrogens (tertiary/aromatic N) is 2. The smallest absolute Gasteiger partial charge is 0.249 e. The van der Waals surface area contributed by atoms with Crippen molar-refractivity contribution in [2.45, 2.75) is 44.4 Å². The second-order valence-electron chi connectivity index (χ2n) is 8.13. The summed E-state index contributed by atoms with van der Waals surface area (Å²) in [6, 6.07) is 11.6. The third kappa shape index (κ3) is 5.33. The molecule has 2 aliphatic heterocycles. The van der Waals surface area contributed by atoms with Crippen LogP contribution in [-0.4, -0.2) is 41.6 Å². The van der Waals surface area contributed by atoms with Crippen LogP contribution in [0.3, 0.4) is 0 Å². The van der Waals surface area contributed by atoms with Crippen molar-refractivity contribution in [1.82, 2.24) is 15.2 Å². The molecular weight excluding hydrogens is 421 g/mol. The van der Waals surface area contributed by atoms with E-state index in [1.165, 1.54) is 0 Å². The van der Waals surface area contributed by atoms with Gasteiger partial charge in [-0.05, 0) is 68.0 Å². The number of ether oxygens (including phenoxy) is 1. The van der Waals surface area contributed by atoms with Crippen LogP contribution >= 0.6 is 23.2 Å². The zero-order valence-electron chi connectivity index (χ0n) is 16.9. The van der Waals surface area contributed by atoms with Crippen LogP contribution in [0.1, 0.15) is 43.0 Å². The zero-order chi connectivity index (χ0) is 20.9. The maximum absolute atomic E-state index is 12.8. The molecule has 2 fully saturated rings. The van der Waals surface area contributed by atoms with E-state index >= 15 is 0 Å². The van der Waals surface area contributed by atoms with Crippen LogP contribution in [-0.2, 0) is 16.1 Å². The number of carbonyl (C=O) groups is 1. The number of halogens is 2. The molecule has 0 aliphatic carbocycles. The summed E-state index contributed by atoms with van der Waals surface area (Å²) in [6.45, 7) is 3.37. The fourth-order valence-corrected chi connectivity index (χ4v) is 4.75. The lowest BCUT2D eigenvalue weighted by Crippen LogP contribution is -2.45. The molecule has 0 unspecified atom stereocenters. The predicted molar refractivity (Wildman–Crippen MR) is 119 cm³/mol. The Kier molecular flexibility index (Phi) is 7.26. The number of rotatable bonds is 6. The first-order valence-corrected chi connectivity index (χ1v) is 11.3. The molecule has 2 saturated heterocycles. The van der Waals surface area contributed by atoms with Crippen LogP contribution in [0, 0.1) is 5.92 Å². The third-order valence-electron chi connectivity index (χ3n) is 5.93. The molecule has 30 heavy (non-hydrogen) atoms. The van der Waals surface area contributed by atoms with Crippen LogP contribution in [0.4, 0.5) is 0 Å². The number of piperidine rings is 1. The second-order valence-corrected chi connectivity index (χ2v) is 8.94. The highest BCUT2D eigenvalue weighted by molar-refractivity contribution is 6.42. The fourth-order valence-electron chi connectivity index (χ4n) is 4.43. The van der Waals surface area contributed by atoms with Crippen molar-refractivity contribution in [3.8, 4) is 0 Å². The summed E-state index contributed by atoms with van der Waals surface area (Å²) >= 11 is 12.2. The predicted octanol–water partition coefficient (Wildman–Crippen LogP) is 4.64. The first kappa shape index (κ1) is 21.6. The molecule has 3 atom stereocenters. The summed E-state index contributed by atoms with van der Waals surface area (Å²) in [5, 5.41) is 4.41. The van der Waals surface area contributed by atoms with Gasteiger partial charge in [-0.3, -0.25) is 14.7 Å². The summed E-state index contributed by atoms with van der Waals surface area (Å²) in [7, 11) is 0. The van der Waals surface area contributed by atoms with Gasteiger partial charge in [0.05, 0.1) is 21.8 Å². The highest BCUT2D eigenvalue weighted by atomic mass is 35.5. The van der Waals surface area contributed by atoms with E-state index in [2.05, 4.69) is 15.2 Å². The van der Waals surface area contributed by atoms with E-state index in [4.69, 9.17) is 27.9 Å². The average molecular weight is 448 g/mol. The number of amides is 1. The lowest BCUT2D eigenvalue weighted by atomic mass is 9.88. The van der Waals surface area contributed by atoms with Crippen molar-refractivity contribution in [3.05, 3.63) is 63.9 Å². The average Bonchev–Trinajstić information content (AvgIpc) is 3.30. The fraction of sp³-hybridized carbons (Fsp3) is 0.478. The van der Waals surface area contributed by atoms with Crippen molar-refractivity contribution in [3.63, 3.8) is 0 Å². The van der Waals surface area contributed by atoms with Gasteiger partial charge in [0.1, 0.15) is 6.10 Å².